The van der Waals surface area contributed by atoms with E-state index in [0.29, 0.717) is 0 Å². The molecule has 0 bridgehead atoms. The van der Waals surface area contributed by atoms with E-state index < -0.39 is 10.0 Å². The van der Waals surface area contributed by atoms with Crippen molar-refractivity contribution in [1.29, 1.82) is 0 Å². The molecule has 0 fully saturated rings. The van der Waals surface area contributed by atoms with E-state index >= 15 is 0 Å². The molecule has 0 spiro atoms. The fraction of sp³-hybridized carbons (Fsp3) is 0.429. The number of aliphatic hydroxyl groups is 1. The fourth-order valence-electron chi connectivity index (χ4n) is 1.49. The van der Waals surface area contributed by atoms with Crippen LogP contribution in [0.25, 0.3) is 0 Å². The van der Waals surface area contributed by atoms with Gasteiger partial charge in [-0.1, -0.05) is 18.8 Å². The molecule has 19 heavy (non-hydrogen) atoms. The molecular weight excluding hydrogens is 262 g/mol. The molecule has 0 radical (unpaired) electrons. The van der Waals surface area contributed by atoms with Gasteiger partial charge in [0.25, 0.3) is 0 Å². The third-order valence-electron chi connectivity index (χ3n) is 2.78. The summed E-state index contributed by atoms with van der Waals surface area (Å²) in [5.74, 6) is 5.32. The first kappa shape index (κ1) is 15.7. The van der Waals surface area contributed by atoms with Crippen molar-refractivity contribution < 1.29 is 13.5 Å². The average molecular weight is 281 g/mol. The Balaban J connectivity index is 3.07. The van der Waals surface area contributed by atoms with Crippen molar-refractivity contribution in [2.75, 3.05) is 6.61 Å². The van der Waals surface area contributed by atoms with E-state index in [1.807, 2.05) is 13.8 Å². The van der Waals surface area contributed by atoms with Crippen LogP contribution in [0.5, 0.6) is 0 Å². The van der Waals surface area contributed by atoms with Gasteiger partial charge in [0.15, 0.2) is 0 Å². The third kappa shape index (κ3) is 4.35. The summed E-state index contributed by atoms with van der Waals surface area (Å²) in [7, 11) is -3.48. The molecule has 1 atom stereocenters. The highest BCUT2D eigenvalue weighted by Crippen LogP contribution is 2.15. The molecule has 0 saturated carbocycles. The average Bonchev–Trinajstić information content (AvgIpc) is 2.36. The Morgan fingerprint density at radius 2 is 2.11 bits per heavy atom. The largest absolute Gasteiger partial charge is 0.384 e. The SMILES string of the molecule is CCC(C)NS(=O)(=O)c1ccc(C#CCO)c(C)c1. The maximum Gasteiger partial charge on any atom is 0.240 e. The Morgan fingerprint density at radius 3 is 2.63 bits per heavy atom. The quantitative estimate of drug-likeness (QED) is 0.820. The Morgan fingerprint density at radius 1 is 1.42 bits per heavy atom. The van der Waals surface area contributed by atoms with Gasteiger partial charge in [-0.15, -0.1) is 0 Å². The topological polar surface area (TPSA) is 66.4 Å². The maximum absolute atomic E-state index is 12.1. The van der Waals surface area contributed by atoms with Crippen LogP contribution in [0.3, 0.4) is 0 Å². The van der Waals surface area contributed by atoms with E-state index in [2.05, 4.69) is 16.6 Å². The fourth-order valence-corrected chi connectivity index (χ4v) is 2.91. The van der Waals surface area contributed by atoms with Crippen molar-refractivity contribution in [3.63, 3.8) is 0 Å². The van der Waals surface area contributed by atoms with Crippen LogP contribution < -0.4 is 4.72 Å². The van der Waals surface area contributed by atoms with Crippen LogP contribution in [0.4, 0.5) is 0 Å². The first-order valence-corrected chi connectivity index (χ1v) is 7.61. The number of hydrogen-bond acceptors (Lipinski definition) is 3. The molecular formula is C14H19NO3S. The highest BCUT2D eigenvalue weighted by Gasteiger charge is 2.16. The van der Waals surface area contributed by atoms with E-state index in [1.165, 1.54) is 6.07 Å². The van der Waals surface area contributed by atoms with Crippen LogP contribution in [0.2, 0.25) is 0 Å². The van der Waals surface area contributed by atoms with E-state index in [-0.39, 0.29) is 17.5 Å². The van der Waals surface area contributed by atoms with E-state index in [4.69, 9.17) is 5.11 Å². The Hall–Kier alpha value is -1.35. The van der Waals surface area contributed by atoms with Gasteiger partial charge in [0.05, 0.1) is 4.90 Å². The summed E-state index contributed by atoms with van der Waals surface area (Å²) < 4.78 is 26.8. The summed E-state index contributed by atoms with van der Waals surface area (Å²) in [6.45, 7) is 5.33. The van der Waals surface area contributed by atoms with Gasteiger partial charge in [-0.25, -0.2) is 13.1 Å². The molecule has 0 amide bonds. The number of aryl methyl sites for hydroxylation is 1. The summed E-state index contributed by atoms with van der Waals surface area (Å²) in [6.07, 6.45) is 0.734. The Labute approximate surface area is 114 Å². The number of sulfonamides is 1. The zero-order valence-corrected chi connectivity index (χ0v) is 12.2. The van der Waals surface area contributed by atoms with Crippen molar-refractivity contribution in [3.8, 4) is 11.8 Å². The van der Waals surface area contributed by atoms with Crippen LogP contribution in [0.1, 0.15) is 31.4 Å². The van der Waals surface area contributed by atoms with Gasteiger partial charge in [0, 0.05) is 11.6 Å². The highest BCUT2D eigenvalue weighted by molar-refractivity contribution is 7.89. The van der Waals surface area contributed by atoms with Crippen molar-refractivity contribution in [2.24, 2.45) is 0 Å². The third-order valence-corrected chi connectivity index (χ3v) is 4.37. The monoisotopic (exact) mass is 281 g/mol. The molecule has 0 aliphatic heterocycles. The smallest absolute Gasteiger partial charge is 0.240 e. The lowest BCUT2D eigenvalue weighted by Gasteiger charge is -2.12. The second-order valence-corrected chi connectivity index (χ2v) is 6.08. The van der Waals surface area contributed by atoms with Gasteiger partial charge in [0.2, 0.25) is 10.0 Å². The number of hydrogen-bond donors (Lipinski definition) is 2. The number of rotatable bonds is 4. The number of benzene rings is 1. The van der Waals surface area contributed by atoms with E-state index in [0.717, 1.165) is 17.5 Å². The lowest BCUT2D eigenvalue weighted by atomic mass is 10.1. The Bertz CT molecular complexity index is 597. The van der Waals surface area contributed by atoms with Gasteiger partial charge >= 0.3 is 0 Å². The molecule has 104 valence electrons. The standard InChI is InChI=1S/C14H19NO3S/c1-4-12(3)15-19(17,18)14-8-7-13(6-5-9-16)11(2)10-14/h7-8,10,12,15-16H,4,9H2,1-3H3. The van der Waals surface area contributed by atoms with Crippen molar-refractivity contribution in [3.05, 3.63) is 29.3 Å². The van der Waals surface area contributed by atoms with E-state index in [9.17, 15) is 8.42 Å². The minimum absolute atomic E-state index is 0.0980. The molecule has 0 heterocycles. The zero-order valence-electron chi connectivity index (χ0n) is 11.4. The summed E-state index contributed by atoms with van der Waals surface area (Å²) in [4.78, 5) is 0.236. The summed E-state index contributed by atoms with van der Waals surface area (Å²) in [5, 5.41) is 8.65. The Kier molecular flexibility index (Phi) is 5.55. The molecule has 0 aromatic heterocycles. The normalized spacial score (nSPS) is 12.6. The minimum atomic E-state index is -3.48. The first-order valence-electron chi connectivity index (χ1n) is 6.13. The van der Waals surface area contributed by atoms with Crippen molar-refractivity contribution in [1.82, 2.24) is 4.72 Å². The predicted molar refractivity (Wildman–Crippen MR) is 75.2 cm³/mol. The lowest BCUT2D eigenvalue weighted by Crippen LogP contribution is -2.32. The molecule has 1 aromatic carbocycles. The molecule has 5 heteroatoms. The second kappa shape index (κ2) is 6.71. The summed E-state index contributed by atoms with van der Waals surface area (Å²) >= 11 is 0. The van der Waals surface area contributed by atoms with Gasteiger partial charge in [-0.2, -0.15) is 0 Å². The zero-order chi connectivity index (χ0) is 14.5. The molecule has 1 rings (SSSR count). The van der Waals surface area contributed by atoms with Crippen molar-refractivity contribution in [2.45, 2.75) is 38.1 Å². The highest BCUT2D eigenvalue weighted by atomic mass is 32.2. The van der Waals surface area contributed by atoms with Crippen LogP contribution in [-0.2, 0) is 10.0 Å². The first-order chi connectivity index (χ1) is 8.90. The summed E-state index contributed by atoms with van der Waals surface area (Å²) in [6, 6.07) is 4.67. The molecule has 1 aromatic rings. The predicted octanol–water partition coefficient (Wildman–Crippen LogP) is 1.42. The molecule has 0 aliphatic rings. The number of aliphatic hydroxyl groups excluding tert-OH is 1. The summed E-state index contributed by atoms with van der Waals surface area (Å²) in [5.41, 5.74) is 1.49. The van der Waals surface area contributed by atoms with Crippen LogP contribution in [0.15, 0.2) is 23.1 Å². The van der Waals surface area contributed by atoms with E-state index in [1.54, 1.807) is 19.1 Å². The lowest BCUT2D eigenvalue weighted by molar-refractivity contribution is 0.350. The molecule has 2 N–H and O–H groups in total. The maximum atomic E-state index is 12.1. The van der Waals surface area contributed by atoms with Gasteiger partial charge < -0.3 is 5.11 Å². The molecule has 0 aliphatic carbocycles. The van der Waals surface area contributed by atoms with Crippen LogP contribution in [-0.4, -0.2) is 26.2 Å². The van der Waals surface area contributed by atoms with Gasteiger partial charge in [0.1, 0.15) is 6.61 Å². The van der Waals surface area contributed by atoms with Crippen LogP contribution in [0, 0.1) is 18.8 Å². The van der Waals surface area contributed by atoms with Crippen LogP contribution >= 0.6 is 0 Å². The minimum Gasteiger partial charge on any atom is -0.384 e. The van der Waals surface area contributed by atoms with Gasteiger partial charge in [-0.05, 0) is 44.0 Å². The molecule has 0 saturated heterocycles. The number of nitrogens with one attached hydrogen (secondary N) is 1. The second-order valence-electron chi connectivity index (χ2n) is 4.37. The van der Waals surface area contributed by atoms with Crippen molar-refractivity contribution >= 4 is 10.0 Å². The molecule has 1 unspecified atom stereocenters. The molecule has 4 nitrogen and oxygen atoms in total. The van der Waals surface area contributed by atoms with Gasteiger partial charge in [-0.3, -0.25) is 0 Å².